The monoisotopic (exact) mass is 242 g/mol. The van der Waals surface area contributed by atoms with Gasteiger partial charge in [0.05, 0.1) is 23.8 Å². The fourth-order valence-electron chi connectivity index (χ4n) is 2.07. The average Bonchev–Trinajstić information content (AvgIpc) is 2.85. The minimum atomic E-state index is 0.0961. The molecule has 1 unspecified atom stereocenters. The predicted octanol–water partition coefficient (Wildman–Crippen LogP) is 1.42. The van der Waals surface area contributed by atoms with E-state index in [1.54, 1.807) is 18.4 Å². The molecule has 1 aromatic heterocycles. The van der Waals surface area contributed by atoms with E-state index in [0.29, 0.717) is 5.92 Å². The zero-order valence-electron chi connectivity index (χ0n) is 9.77. The first-order valence-corrected chi connectivity index (χ1v) is 6.37. The first-order valence-electron chi connectivity index (χ1n) is 5.55. The maximum Gasteiger partial charge on any atom is 0.185 e. The summed E-state index contributed by atoms with van der Waals surface area (Å²) in [5.74, 6) is 0.617. The minimum absolute atomic E-state index is 0.0961. The van der Waals surface area contributed by atoms with Crippen molar-refractivity contribution in [2.75, 3.05) is 31.7 Å². The van der Waals surface area contributed by atoms with E-state index < -0.39 is 0 Å². The van der Waals surface area contributed by atoms with Gasteiger partial charge >= 0.3 is 0 Å². The van der Waals surface area contributed by atoms with E-state index in [1.165, 1.54) is 6.42 Å². The van der Waals surface area contributed by atoms with Gasteiger partial charge in [-0.05, 0) is 13.3 Å². The SMILES string of the molecule is COCC1CCN(c2nc(C)c(CO)s2)C1. The van der Waals surface area contributed by atoms with Crippen LogP contribution in [0.2, 0.25) is 0 Å². The molecule has 0 amide bonds. The number of methoxy groups -OCH3 is 1. The van der Waals surface area contributed by atoms with Crippen LogP contribution in [0.25, 0.3) is 0 Å². The van der Waals surface area contributed by atoms with E-state index in [-0.39, 0.29) is 6.61 Å². The minimum Gasteiger partial charge on any atom is -0.391 e. The molecule has 0 bridgehead atoms. The summed E-state index contributed by atoms with van der Waals surface area (Å²) in [5, 5.41) is 10.2. The number of hydrogen-bond donors (Lipinski definition) is 1. The Bertz CT molecular complexity index is 354. The van der Waals surface area contributed by atoms with Gasteiger partial charge in [0.25, 0.3) is 0 Å². The summed E-state index contributed by atoms with van der Waals surface area (Å²) in [6.45, 7) is 4.94. The summed E-state index contributed by atoms with van der Waals surface area (Å²) in [6, 6.07) is 0. The van der Waals surface area contributed by atoms with E-state index in [4.69, 9.17) is 9.84 Å². The molecule has 1 saturated heterocycles. The predicted molar refractivity (Wildman–Crippen MR) is 65.0 cm³/mol. The highest BCUT2D eigenvalue weighted by molar-refractivity contribution is 7.15. The first-order chi connectivity index (χ1) is 7.74. The number of hydrogen-bond acceptors (Lipinski definition) is 5. The molecule has 5 heteroatoms. The van der Waals surface area contributed by atoms with Gasteiger partial charge in [-0.15, -0.1) is 0 Å². The third kappa shape index (κ3) is 2.36. The lowest BCUT2D eigenvalue weighted by molar-refractivity contribution is 0.161. The lowest BCUT2D eigenvalue weighted by Crippen LogP contribution is -2.20. The molecular weight excluding hydrogens is 224 g/mol. The van der Waals surface area contributed by atoms with Crippen LogP contribution >= 0.6 is 11.3 Å². The summed E-state index contributed by atoms with van der Waals surface area (Å²) >= 11 is 1.60. The molecule has 0 saturated carbocycles. The van der Waals surface area contributed by atoms with Crippen molar-refractivity contribution in [3.05, 3.63) is 10.6 Å². The summed E-state index contributed by atoms with van der Waals surface area (Å²) in [6.07, 6.45) is 1.17. The van der Waals surface area contributed by atoms with Gasteiger partial charge in [0.1, 0.15) is 0 Å². The molecule has 1 aromatic rings. The van der Waals surface area contributed by atoms with Crippen molar-refractivity contribution in [1.82, 2.24) is 4.98 Å². The Labute approximate surface area is 99.9 Å². The van der Waals surface area contributed by atoms with Gasteiger partial charge in [0, 0.05) is 26.1 Å². The fourth-order valence-corrected chi connectivity index (χ4v) is 3.03. The Morgan fingerprint density at radius 2 is 2.44 bits per heavy atom. The zero-order chi connectivity index (χ0) is 11.5. The number of anilines is 1. The van der Waals surface area contributed by atoms with Crippen molar-refractivity contribution in [1.29, 1.82) is 0 Å². The van der Waals surface area contributed by atoms with Crippen LogP contribution < -0.4 is 4.90 Å². The van der Waals surface area contributed by atoms with Gasteiger partial charge in [-0.25, -0.2) is 4.98 Å². The molecule has 90 valence electrons. The molecule has 16 heavy (non-hydrogen) atoms. The van der Waals surface area contributed by atoms with E-state index in [2.05, 4.69) is 9.88 Å². The number of aliphatic hydroxyl groups excluding tert-OH is 1. The van der Waals surface area contributed by atoms with E-state index in [1.807, 2.05) is 6.92 Å². The maximum absolute atomic E-state index is 9.14. The zero-order valence-corrected chi connectivity index (χ0v) is 10.6. The third-order valence-corrected chi connectivity index (χ3v) is 4.19. The van der Waals surface area contributed by atoms with Crippen LogP contribution in [0.15, 0.2) is 0 Å². The van der Waals surface area contributed by atoms with Crippen molar-refractivity contribution < 1.29 is 9.84 Å². The lowest BCUT2D eigenvalue weighted by atomic mass is 10.1. The molecule has 2 rings (SSSR count). The second kappa shape index (κ2) is 5.12. The van der Waals surface area contributed by atoms with Gasteiger partial charge in [0.2, 0.25) is 0 Å². The van der Waals surface area contributed by atoms with Crippen molar-refractivity contribution in [3.63, 3.8) is 0 Å². The van der Waals surface area contributed by atoms with Gasteiger partial charge in [-0.3, -0.25) is 0 Å². The van der Waals surface area contributed by atoms with Crippen LogP contribution in [0, 0.1) is 12.8 Å². The number of aryl methyl sites for hydroxylation is 1. The number of rotatable bonds is 4. The van der Waals surface area contributed by atoms with Crippen molar-refractivity contribution >= 4 is 16.5 Å². The Kier molecular flexibility index (Phi) is 3.78. The topological polar surface area (TPSA) is 45.6 Å². The largest absolute Gasteiger partial charge is 0.391 e. The van der Waals surface area contributed by atoms with Crippen LogP contribution in [-0.4, -0.2) is 36.9 Å². The van der Waals surface area contributed by atoms with Crippen LogP contribution in [0.4, 0.5) is 5.13 Å². The molecule has 2 heterocycles. The fraction of sp³-hybridized carbons (Fsp3) is 0.727. The van der Waals surface area contributed by atoms with Crippen LogP contribution in [0.5, 0.6) is 0 Å². The second-order valence-corrected chi connectivity index (χ2v) is 5.28. The molecule has 1 aliphatic rings. The molecule has 1 N–H and O–H groups in total. The van der Waals surface area contributed by atoms with Crippen molar-refractivity contribution in [3.8, 4) is 0 Å². The molecule has 0 radical (unpaired) electrons. The lowest BCUT2D eigenvalue weighted by Gasteiger charge is -2.14. The van der Waals surface area contributed by atoms with Gasteiger partial charge < -0.3 is 14.7 Å². The highest BCUT2D eigenvalue weighted by atomic mass is 32.1. The highest BCUT2D eigenvalue weighted by Crippen LogP contribution is 2.30. The number of aromatic nitrogens is 1. The van der Waals surface area contributed by atoms with Gasteiger partial charge in [-0.2, -0.15) is 0 Å². The number of aliphatic hydroxyl groups is 1. The molecule has 0 aromatic carbocycles. The quantitative estimate of drug-likeness (QED) is 0.867. The summed E-state index contributed by atoms with van der Waals surface area (Å²) in [4.78, 5) is 7.77. The van der Waals surface area contributed by atoms with E-state index in [0.717, 1.165) is 35.4 Å². The van der Waals surface area contributed by atoms with Gasteiger partial charge in [-0.1, -0.05) is 11.3 Å². The standard InChI is InChI=1S/C11H18N2O2S/c1-8-10(6-14)16-11(12-8)13-4-3-9(5-13)7-15-2/h9,14H,3-7H2,1-2H3. The van der Waals surface area contributed by atoms with Crippen molar-refractivity contribution in [2.24, 2.45) is 5.92 Å². The maximum atomic E-state index is 9.14. The Balaban J connectivity index is 2.02. The summed E-state index contributed by atoms with van der Waals surface area (Å²) in [5.41, 5.74) is 0.956. The molecule has 0 aliphatic carbocycles. The molecule has 4 nitrogen and oxygen atoms in total. The summed E-state index contributed by atoms with van der Waals surface area (Å²) < 4.78 is 5.18. The van der Waals surface area contributed by atoms with Crippen LogP contribution in [0.3, 0.4) is 0 Å². The van der Waals surface area contributed by atoms with Crippen LogP contribution in [0.1, 0.15) is 17.0 Å². The summed E-state index contributed by atoms with van der Waals surface area (Å²) in [7, 11) is 1.75. The van der Waals surface area contributed by atoms with Crippen molar-refractivity contribution in [2.45, 2.75) is 20.0 Å². The average molecular weight is 242 g/mol. The molecule has 1 fully saturated rings. The normalized spacial score (nSPS) is 20.7. The second-order valence-electron chi connectivity index (χ2n) is 4.22. The third-order valence-electron chi connectivity index (χ3n) is 2.98. The highest BCUT2D eigenvalue weighted by Gasteiger charge is 2.24. The van der Waals surface area contributed by atoms with Crippen LogP contribution in [-0.2, 0) is 11.3 Å². The smallest absolute Gasteiger partial charge is 0.185 e. The number of nitrogens with zero attached hydrogens (tertiary/aromatic N) is 2. The Morgan fingerprint density at radius 1 is 1.62 bits per heavy atom. The van der Waals surface area contributed by atoms with E-state index in [9.17, 15) is 0 Å². The first kappa shape index (κ1) is 11.8. The molecule has 1 aliphatic heterocycles. The Hall–Kier alpha value is -0.650. The molecular formula is C11H18N2O2S. The Morgan fingerprint density at radius 3 is 3.06 bits per heavy atom. The molecule has 1 atom stereocenters. The number of thiazole rings is 1. The molecule has 0 spiro atoms. The number of ether oxygens (including phenoxy) is 1. The van der Waals surface area contributed by atoms with E-state index >= 15 is 0 Å². The van der Waals surface area contributed by atoms with Gasteiger partial charge in [0.15, 0.2) is 5.13 Å².